The summed E-state index contributed by atoms with van der Waals surface area (Å²) in [5, 5.41) is 15.5. The van der Waals surface area contributed by atoms with E-state index in [1.807, 2.05) is 25.3 Å². The monoisotopic (exact) mass is 378 g/mol. The van der Waals surface area contributed by atoms with Gasteiger partial charge in [-0.3, -0.25) is 9.59 Å². The predicted octanol–water partition coefficient (Wildman–Crippen LogP) is 3.16. The van der Waals surface area contributed by atoms with Crippen molar-refractivity contribution in [1.29, 1.82) is 0 Å². The molecule has 3 N–H and O–H groups in total. The van der Waals surface area contributed by atoms with E-state index in [1.54, 1.807) is 42.1 Å². The number of carbonyl (C=O) groups excluding carboxylic acids is 2. The number of hydrogen-bond donors (Lipinski definition) is 3. The number of aliphatic hydroxyl groups excluding tert-OH is 1. The van der Waals surface area contributed by atoms with Gasteiger partial charge in [0.05, 0.1) is 6.10 Å². The van der Waals surface area contributed by atoms with Crippen molar-refractivity contribution in [3.8, 4) is 0 Å². The number of aryl methyl sites for hydroxylation is 1. The maximum atomic E-state index is 11.9. The molecule has 5 nitrogen and oxygen atoms in total. The van der Waals surface area contributed by atoms with Gasteiger partial charge in [0, 0.05) is 22.2 Å². The molecule has 2 aromatic carbocycles. The van der Waals surface area contributed by atoms with Gasteiger partial charge in [-0.1, -0.05) is 29.8 Å². The quantitative estimate of drug-likeness (QED) is 0.551. The minimum absolute atomic E-state index is 0.0560. The fourth-order valence-corrected chi connectivity index (χ4v) is 2.66. The summed E-state index contributed by atoms with van der Waals surface area (Å²) in [5.41, 5.74) is 1.98. The molecule has 0 aromatic heterocycles. The lowest BCUT2D eigenvalue weighted by atomic mass is 10.1. The number of thioether (sulfide) groups is 1. The van der Waals surface area contributed by atoms with E-state index in [0.29, 0.717) is 16.3 Å². The highest BCUT2D eigenvalue weighted by atomic mass is 35.5. The molecule has 132 valence electrons. The Kier molecular flexibility index (Phi) is 6.87. The third-order valence-electron chi connectivity index (χ3n) is 3.59. The Balaban J connectivity index is 1.87. The minimum atomic E-state index is -0.888. The molecule has 0 fully saturated rings. The Labute approximate surface area is 155 Å². The number of benzene rings is 2. The van der Waals surface area contributed by atoms with Crippen molar-refractivity contribution in [3.63, 3.8) is 0 Å². The smallest absolute Gasteiger partial charge is 0.313 e. The van der Waals surface area contributed by atoms with Gasteiger partial charge in [0.2, 0.25) is 0 Å². The van der Waals surface area contributed by atoms with Crippen LogP contribution in [0, 0.1) is 6.92 Å². The molecule has 2 rings (SSSR count). The lowest BCUT2D eigenvalue weighted by molar-refractivity contribution is -0.136. The maximum Gasteiger partial charge on any atom is 0.313 e. The molecule has 25 heavy (non-hydrogen) atoms. The van der Waals surface area contributed by atoms with Gasteiger partial charge in [0.15, 0.2) is 0 Å². The molecular formula is C18H19ClN2O3S. The first-order chi connectivity index (χ1) is 11.9. The standard InChI is InChI=1S/C18H19ClN2O3S/c1-11-3-6-13(9-15(11)19)21-18(24)17(23)20-10-16(22)12-4-7-14(25-2)8-5-12/h3-9,16,22H,10H2,1-2H3,(H,20,23)(H,21,24)/t16-/m1/s1. The van der Waals surface area contributed by atoms with Crippen LogP contribution in [0.5, 0.6) is 0 Å². The fraction of sp³-hybridized carbons (Fsp3) is 0.222. The fourth-order valence-electron chi connectivity index (χ4n) is 2.07. The molecule has 0 aliphatic heterocycles. The van der Waals surface area contributed by atoms with Crippen LogP contribution in [0.3, 0.4) is 0 Å². The van der Waals surface area contributed by atoms with Crippen molar-refractivity contribution in [3.05, 3.63) is 58.6 Å². The first-order valence-corrected chi connectivity index (χ1v) is 9.18. The van der Waals surface area contributed by atoms with Crippen molar-refractivity contribution in [2.75, 3.05) is 18.1 Å². The van der Waals surface area contributed by atoms with Gasteiger partial charge in [0.25, 0.3) is 0 Å². The van der Waals surface area contributed by atoms with Crippen molar-refractivity contribution < 1.29 is 14.7 Å². The van der Waals surface area contributed by atoms with Crippen molar-refractivity contribution >= 4 is 40.9 Å². The lowest BCUT2D eigenvalue weighted by Gasteiger charge is -2.13. The second kappa shape index (κ2) is 8.89. The molecule has 0 spiro atoms. The summed E-state index contributed by atoms with van der Waals surface area (Å²) >= 11 is 7.58. The molecule has 0 radical (unpaired) electrons. The minimum Gasteiger partial charge on any atom is -0.387 e. The van der Waals surface area contributed by atoms with E-state index >= 15 is 0 Å². The van der Waals surface area contributed by atoms with Crippen LogP contribution in [0.2, 0.25) is 5.02 Å². The van der Waals surface area contributed by atoms with Gasteiger partial charge in [0.1, 0.15) is 0 Å². The van der Waals surface area contributed by atoms with Crippen LogP contribution in [0.25, 0.3) is 0 Å². The largest absolute Gasteiger partial charge is 0.387 e. The average molecular weight is 379 g/mol. The third kappa shape index (κ3) is 5.49. The van der Waals surface area contributed by atoms with Gasteiger partial charge in [-0.2, -0.15) is 0 Å². The zero-order valence-electron chi connectivity index (χ0n) is 13.9. The Morgan fingerprint density at radius 3 is 2.44 bits per heavy atom. The maximum absolute atomic E-state index is 11.9. The topological polar surface area (TPSA) is 78.4 Å². The molecule has 0 bridgehead atoms. The molecule has 0 aliphatic carbocycles. The number of aliphatic hydroxyl groups is 1. The zero-order valence-corrected chi connectivity index (χ0v) is 15.4. The summed E-state index contributed by atoms with van der Waals surface area (Å²) in [6.07, 6.45) is 1.08. The van der Waals surface area contributed by atoms with Crippen LogP contribution in [0.4, 0.5) is 5.69 Å². The normalized spacial score (nSPS) is 11.7. The zero-order chi connectivity index (χ0) is 18.4. The molecule has 7 heteroatoms. The van der Waals surface area contributed by atoms with Gasteiger partial charge in [-0.15, -0.1) is 11.8 Å². The number of amides is 2. The third-order valence-corrected chi connectivity index (χ3v) is 4.74. The van der Waals surface area contributed by atoms with Crippen LogP contribution in [0.15, 0.2) is 47.4 Å². The van der Waals surface area contributed by atoms with E-state index < -0.39 is 17.9 Å². The highest BCUT2D eigenvalue weighted by Crippen LogP contribution is 2.20. The van der Waals surface area contributed by atoms with Crippen molar-refractivity contribution in [1.82, 2.24) is 5.32 Å². The number of rotatable bonds is 5. The number of anilines is 1. The Morgan fingerprint density at radius 1 is 1.16 bits per heavy atom. The van der Waals surface area contributed by atoms with E-state index in [9.17, 15) is 14.7 Å². The number of carbonyl (C=O) groups is 2. The summed E-state index contributed by atoms with van der Waals surface area (Å²) in [6.45, 7) is 1.79. The molecule has 0 saturated carbocycles. The molecule has 0 heterocycles. The lowest BCUT2D eigenvalue weighted by Crippen LogP contribution is -2.37. The van der Waals surface area contributed by atoms with Crippen LogP contribution < -0.4 is 10.6 Å². The Hall–Kier alpha value is -2.02. The second-order valence-electron chi connectivity index (χ2n) is 5.42. The molecule has 0 unspecified atom stereocenters. The van der Waals surface area contributed by atoms with Crippen molar-refractivity contribution in [2.24, 2.45) is 0 Å². The first-order valence-electron chi connectivity index (χ1n) is 7.58. The van der Waals surface area contributed by atoms with Crippen molar-refractivity contribution in [2.45, 2.75) is 17.9 Å². The molecule has 0 aliphatic rings. The van der Waals surface area contributed by atoms with Gasteiger partial charge in [-0.05, 0) is 48.6 Å². The predicted molar refractivity (Wildman–Crippen MR) is 101 cm³/mol. The first kappa shape index (κ1) is 19.3. The van der Waals surface area contributed by atoms with E-state index in [0.717, 1.165) is 10.5 Å². The van der Waals surface area contributed by atoms with Crippen LogP contribution in [-0.4, -0.2) is 29.7 Å². The molecule has 2 aromatic rings. The van der Waals surface area contributed by atoms with Gasteiger partial charge >= 0.3 is 11.8 Å². The molecule has 0 saturated heterocycles. The summed E-state index contributed by atoms with van der Waals surface area (Å²) in [7, 11) is 0. The number of nitrogens with one attached hydrogen (secondary N) is 2. The van der Waals surface area contributed by atoms with Gasteiger partial charge in [-0.25, -0.2) is 0 Å². The molecule has 2 amide bonds. The van der Waals surface area contributed by atoms with Crippen LogP contribution >= 0.6 is 23.4 Å². The highest BCUT2D eigenvalue weighted by molar-refractivity contribution is 7.98. The number of halogens is 1. The Bertz CT molecular complexity index is 765. The van der Waals surface area contributed by atoms with Crippen LogP contribution in [0.1, 0.15) is 17.2 Å². The van der Waals surface area contributed by atoms with Crippen LogP contribution in [-0.2, 0) is 9.59 Å². The van der Waals surface area contributed by atoms with E-state index in [4.69, 9.17) is 11.6 Å². The summed E-state index contributed by atoms with van der Waals surface area (Å²) in [5.74, 6) is -1.64. The van der Waals surface area contributed by atoms with E-state index in [-0.39, 0.29) is 6.54 Å². The van der Waals surface area contributed by atoms with E-state index in [1.165, 1.54) is 0 Å². The second-order valence-corrected chi connectivity index (χ2v) is 6.70. The summed E-state index contributed by atoms with van der Waals surface area (Å²) in [4.78, 5) is 24.8. The molecule has 1 atom stereocenters. The van der Waals surface area contributed by atoms with Gasteiger partial charge < -0.3 is 15.7 Å². The number of hydrogen-bond acceptors (Lipinski definition) is 4. The highest BCUT2D eigenvalue weighted by Gasteiger charge is 2.16. The Morgan fingerprint density at radius 2 is 1.84 bits per heavy atom. The SMILES string of the molecule is CSc1ccc([C@H](O)CNC(=O)C(=O)Nc2ccc(C)c(Cl)c2)cc1. The van der Waals surface area contributed by atoms with E-state index in [2.05, 4.69) is 10.6 Å². The molecular weight excluding hydrogens is 360 g/mol. The summed E-state index contributed by atoms with van der Waals surface area (Å²) in [6, 6.07) is 12.3. The summed E-state index contributed by atoms with van der Waals surface area (Å²) < 4.78 is 0. The average Bonchev–Trinajstić information content (AvgIpc) is 2.62.